The van der Waals surface area contributed by atoms with Gasteiger partial charge in [0.05, 0.1) is 18.2 Å². The van der Waals surface area contributed by atoms with Crippen LogP contribution in [0.2, 0.25) is 0 Å². The van der Waals surface area contributed by atoms with Crippen LogP contribution in [0.5, 0.6) is 5.75 Å². The Bertz CT molecular complexity index is 1010. The standard InChI is InChI=1S/C25H24O7/c1-29-22-15-9-8-14-21(22)25(28)31-17-20(32-24(27)19-12-6-3-7-13-19)16-30-23(26)18-10-4-2-5-11-18/h3-4,6-15,20H,2,5,16-17H2,1H3. The molecule has 0 aromatic heterocycles. The van der Waals surface area contributed by atoms with Gasteiger partial charge in [-0.15, -0.1) is 0 Å². The summed E-state index contributed by atoms with van der Waals surface area (Å²) >= 11 is 0. The number of hydrogen-bond acceptors (Lipinski definition) is 7. The van der Waals surface area contributed by atoms with Gasteiger partial charge in [-0.2, -0.15) is 0 Å². The SMILES string of the molecule is COc1ccccc1C(=O)OCC(COC(=O)C1=CCCC=C1)OC(=O)c1ccccc1. The van der Waals surface area contributed by atoms with Crippen molar-refractivity contribution in [2.45, 2.75) is 18.9 Å². The quantitative estimate of drug-likeness (QED) is 0.435. The number of esters is 3. The molecule has 0 saturated carbocycles. The van der Waals surface area contributed by atoms with Crippen molar-refractivity contribution in [2.24, 2.45) is 0 Å². The van der Waals surface area contributed by atoms with Crippen LogP contribution in [0.4, 0.5) is 0 Å². The third kappa shape index (κ3) is 6.31. The molecule has 2 aromatic carbocycles. The van der Waals surface area contributed by atoms with E-state index >= 15 is 0 Å². The monoisotopic (exact) mass is 436 g/mol. The van der Waals surface area contributed by atoms with Gasteiger partial charge in [-0.3, -0.25) is 0 Å². The van der Waals surface area contributed by atoms with Crippen molar-refractivity contribution in [1.82, 2.24) is 0 Å². The van der Waals surface area contributed by atoms with Crippen LogP contribution in [0.15, 0.2) is 78.4 Å². The summed E-state index contributed by atoms with van der Waals surface area (Å²) in [5, 5.41) is 0. The van der Waals surface area contributed by atoms with E-state index in [9.17, 15) is 14.4 Å². The summed E-state index contributed by atoms with van der Waals surface area (Å²) in [6, 6.07) is 15.0. The Hall–Kier alpha value is -3.87. The summed E-state index contributed by atoms with van der Waals surface area (Å²) in [6.45, 7) is -0.556. The maximum absolute atomic E-state index is 12.5. The van der Waals surface area contributed by atoms with Crippen molar-refractivity contribution in [3.05, 3.63) is 89.5 Å². The Balaban J connectivity index is 1.65. The van der Waals surface area contributed by atoms with Crippen molar-refractivity contribution in [2.75, 3.05) is 20.3 Å². The van der Waals surface area contributed by atoms with Crippen LogP contribution in [0.3, 0.4) is 0 Å². The summed E-state index contributed by atoms with van der Waals surface area (Å²) in [5.74, 6) is -1.43. The molecule has 7 nitrogen and oxygen atoms in total. The summed E-state index contributed by atoms with van der Waals surface area (Å²) < 4.78 is 21.3. The van der Waals surface area contributed by atoms with E-state index in [0.29, 0.717) is 16.9 Å². The Labute approximate surface area is 186 Å². The fourth-order valence-corrected chi connectivity index (χ4v) is 2.99. The zero-order valence-electron chi connectivity index (χ0n) is 17.7. The first-order chi connectivity index (χ1) is 15.6. The molecule has 2 aromatic rings. The first kappa shape index (κ1) is 22.8. The Morgan fingerprint density at radius 2 is 1.53 bits per heavy atom. The second-order valence-corrected chi connectivity index (χ2v) is 6.93. The fourth-order valence-electron chi connectivity index (χ4n) is 2.99. The number of hydrogen-bond donors (Lipinski definition) is 0. The highest BCUT2D eigenvalue weighted by atomic mass is 16.6. The molecule has 1 atom stereocenters. The molecule has 7 heteroatoms. The average Bonchev–Trinajstić information content (AvgIpc) is 2.86. The van der Waals surface area contributed by atoms with E-state index in [4.69, 9.17) is 18.9 Å². The predicted molar refractivity (Wildman–Crippen MR) is 116 cm³/mol. The van der Waals surface area contributed by atoms with E-state index in [0.717, 1.165) is 12.8 Å². The molecule has 0 saturated heterocycles. The van der Waals surface area contributed by atoms with E-state index in [1.54, 1.807) is 66.7 Å². The van der Waals surface area contributed by atoms with Crippen LogP contribution in [0.25, 0.3) is 0 Å². The summed E-state index contributed by atoms with van der Waals surface area (Å²) in [7, 11) is 1.45. The van der Waals surface area contributed by atoms with Gasteiger partial charge in [0, 0.05) is 0 Å². The first-order valence-corrected chi connectivity index (χ1v) is 10.2. The molecule has 0 spiro atoms. The highest BCUT2D eigenvalue weighted by molar-refractivity contribution is 5.93. The van der Waals surface area contributed by atoms with Gasteiger partial charge in [-0.25, -0.2) is 14.4 Å². The zero-order chi connectivity index (χ0) is 22.8. The zero-order valence-corrected chi connectivity index (χ0v) is 17.7. The molecule has 1 aliphatic rings. The number of rotatable bonds is 9. The Morgan fingerprint density at radius 1 is 0.844 bits per heavy atom. The van der Waals surface area contributed by atoms with Gasteiger partial charge in [-0.05, 0) is 37.1 Å². The summed E-state index contributed by atoms with van der Waals surface area (Å²) in [5.41, 5.74) is 1.01. The van der Waals surface area contributed by atoms with Crippen LogP contribution in [0.1, 0.15) is 33.6 Å². The van der Waals surface area contributed by atoms with Crippen molar-refractivity contribution in [3.63, 3.8) is 0 Å². The Kier molecular flexibility index (Phi) is 8.20. The molecule has 0 N–H and O–H groups in total. The maximum atomic E-state index is 12.5. The summed E-state index contributed by atoms with van der Waals surface area (Å²) in [6.07, 6.45) is 6.00. The summed E-state index contributed by atoms with van der Waals surface area (Å²) in [4.78, 5) is 37.3. The lowest BCUT2D eigenvalue weighted by Crippen LogP contribution is -2.31. The lowest BCUT2D eigenvalue weighted by Gasteiger charge is -2.19. The molecule has 0 aliphatic heterocycles. The largest absolute Gasteiger partial charge is 0.496 e. The number of allylic oxidation sites excluding steroid dienone is 2. The van der Waals surface area contributed by atoms with E-state index < -0.39 is 24.0 Å². The molecule has 0 radical (unpaired) electrons. The van der Waals surface area contributed by atoms with E-state index in [-0.39, 0.29) is 18.8 Å². The van der Waals surface area contributed by atoms with Crippen molar-refractivity contribution in [3.8, 4) is 5.75 Å². The van der Waals surface area contributed by atoms with E-state index in [1.165, 1.54) is 7.11 Å². The molecule has 3 rings (SSSR count). The fraction of sp³-hybridized carbons (Fsp3) is 0.240. The molecule has 0 amide bonds. The minimum atomic E-state index is -0.988. The highest BCUT2D eigenvalue weighted by Gasteiger charge is 2.22. The molecule has 32 heavy (non-hydrogen) atoms. The molecule has 1 unspecified atom stereocenters. The van der Waals surface area contributed by atoms with Crippen LogP contribution >= 0.6 is 0 Å². The number of benzene rings is 2. The van der Waals surface area contributed by atoms with Gasteiger partial charge in [0.1, 0.15) is 24.5 Å². The van der Waals surface area contributed by atoms with Gasteiger partial charge in [-0.1, -0.05) is 48.6 Å². The van der Waals surface area contributed by atoms with Gasteiger partial charge >= 0.3 is 17.9 Å². The van der Waals surface area contributed by atoms with Crippen LogP contribution in [-0.4, -0.2) is 44.3 Å². The minimum absolute atomic E-state index is 0.234. The molecule has 1 aliphatic carbocycles. The third-order valence-electron chi connectivity index (χ3n) is 4.64. The lowest BCUT2D eigenvalue weighted by molar-refractivity contribution is -0.142. The van der Waals surface area contributed by atoms with Crippen LogP contribution in [0, 0.1) is 0 Å². The number of carbonyl (C=O) groups excluding carboxylic acids is 3. The molecule has 0 heterocycles. The predicted octanol–water partition coefficient (Wildman–Crippen LogP) is 3.90. The van der Waals surface area contributed by atoms with Gasteiger partial charge in [0.25, 0.3) is 0 Å². The number of ether oxygens (including phenoxy) is 4. The second-order valence-electron chi connectivity index (χ2n) is 6.93. The van der Waals surface area contributed by atoms with Crippen LogP contribution in [-0.2, 0) is 19.0 Å². The molecular weight excluding hydrogens is 412 g/mol. The van der Waals surface area contributed by atoms with E-state index in [2.05, 4.69) is 0 Å². The third-order valence-corrected chi connectivity index (χ3v) is 4.64. The first-order valence-electron chi connectivity index (χ1n) is 10.2. The van der Waals surface area contributed by atoms with Crippen molar-refractivity contribution < 1.29 is 33.3 Å². The number of methoxy groups -OCH3 is 1. The molecule has 0 bridgehead atoms. The topological polar surface area (TPSA) is 88.1 Å². The van der Waals surface area contributed by atoms with Crippen molar-refractivity contribution >= 4 is 17.9 Å². The number of para-hydroxylation sites is 1. The van der Waals surface area contributed by atoms with E-state index in [1.807, 2.05) is 6.08 Å². The molecule has 166 valence electrons. The van der Waals surface area contributed by atoms with Gasteiger partial charge in [0.2, 0.25) is 0 Å². The maximum Gasteiger partial charge on any atom is 0.342 e. The smallest absolute Gasteiger partial charge is 0.342 e. The average molecular weight is 436 g/mol. The normalized spacial score (nSPS) is 13.5. The molecular formula is C25H24O7. The lowest BCUT2D eigenvalue weighted by atomic mass is 10.1. The Morgan fingerprint density at radius 3 is 2.22 bits per heavy atom. The minimum Gasteiger partial charge on any atom is -0.496 e. The molecule has 0 fully saturated rings. The van der Waals surface area contributed by atoms with Gasteiger partial charge in [0.15, 0.2) is 6.10 Å². The number of carbonyl (C=O) groups is 3. The van der Waals surface area contributed by atoms with Crippen LogP contribution < -0.4 is 4.74 Å². The highest BCUT2D eigenvalue weighted by Crippen LogP contribution is 2.19. The second kappa shape index (κ2) is 11.5. The van der Waals surface area contributed by atoms with Crippen molar-refractivity contribution in [1.29, 1.82) is 0 Å². The van der Waals surface area contributed by atoms with Gasteiger partial charge < -0.3 is 18.9 Å².